The lowest BCUT2D eigenvalue weighted by Crippen LogP contribution is -2.35. The van der Waals surface area contributed by atoms with Crippen LogP contribution in [0.4, 0.5) is 5.69 Å². The number of pyridine rings is 1. The first-order valence-electron chi connectivity index (χ1n) is 9.76. The van der Waals surface area contributed by atoms with E-state index in [2.05, 4.69) is 69.8 Å². The molecular weight excluding hydrogens is 334 g/mol. The number of aliphatic hydroxyl groups excluding tert-OH is 1. The summed E-state index contributed by atoms with van der Waals surface area (Å²) in [4.78, 5) is 7.00. The minimum Gasteiger partial charge on any atom is -0.393 e. The van der Waals surface area contributed by atoms with E-state index in [1.54, 1.807) is 0 Å². The first kappa shape index (κ1) is 18.0. The SMILES string of the molecule is Cc1ccc2cc(CNc3ccccc3CN3CCC(O)CC3)ccc2n1. The van der Waals surface area contributed by atoms with Gasteiger partial charge in [0.2, 0.25) is 0 Å². The summed E-state index contributed by atoms with van der Waals surface area (Å²) in [6.07, 6.45) is 1.63. The second-order valence-electron chi connectivity index (χ2n) is 7.50. The summed E-state index contributed by atoms with van der Waals surface area (Å²) in [5.74, 6) is 0. The number of nitrogens with zero attached hydrogens (tertiary/aromatic N) is 2. The van der Waals surface area contributed by atoms with Crippen molar-refractivity contribution in [3.8, 4) is 0 Å². The number of aromatic nitrogens is 1. The van der Waals surface area contributed by atoms with Crippen molar-refractivity contribution in [3.05, 3.63) is 71.4 Å². The van der Waals surface area contributed by atoms with Crippen molar-refractivity contribution >= 4 is 16.6 Å². The molecule has 0 amide bonds. The van der Waals surface area contributed by atoms with Gasteiger partial charge in [0.1, 0.15) is 0 Å². The minimum absolute atomic E-state index is 0.124. The maximum absolute atomic E-state index is 9.70. The summed E-state index contributed by atoms with van der Waals surface area (Å²) in [5.41, 5.74) is 5.85. The largest absolute Gasteiger partial charge is 0.393 e. The van der Waals surface area contributed by atoms with Crippen LogP contribution in [0, 0.1) is 6.92 Å². The molecule has 0 unspecified atom stereocenters. The van der Waals surface area contributed by atoms with Crippen molar-refractivity contribution in [3.63, 3.8) is 0 Å². The van der Waals surface area contributed by atoms with Crippen molar-refractivity contribution in [2.45, 2.75) is 39.0 Å². The Labute approximate surface area is 160 Å². The standard InChI is InChI=1S/C23H27N3O/c1-17-6-8-19-14-18(7-9-23(19)25-17)15-24-22-5-3-2-4-20(22)16-26-12-10-21(27)11-13-26/h2-9,14,21,24,27H,10-13,15-16H2,1H3. The molecule has 0 radical (unpaired) electrons. The molecular formula is C23H27N3O. The second-order valence-corrected chi connectivity index (χ2v) is 7.50. The van der Waals surface area contributed by atoms with Gasteiger partial charge in [-0.25, -0.2) is 0 Å². The lowest BCUT2D eigenvalue weighted by molar-refractivity contribution is 0.0793. The summed E-state index contributed by atoms with van der Waals surface area (Å²) in [6.45, 7) is 5.67. The van der Waals surface area contributed by atoms with Gasteiger partial charge in [-0.1, -0.05) is 30.3 Å². The Kier molecular flexibility index (Phi) is 5.37. The fraction of sp³-hybridized carbons (Fsp3) is 0.348. The molecule has 4 nitrogen and oxygen atoms in total. The number of para-hydroxylation sites is 1. The number of fused-ring (bicyclic) bond motifs is 1. The maximum Gasteiger partial charge on any atom is 0.0705 e. The predicted molar refractivity (Wildman–Crippen MR) is 111 cm³/mol. The normalized spacial score (nSPS) is 15.9. The van der Waals surface area contributed by atoms with E-state index in [9.17, 15) is 5.11 Å². The highest BCUT2D eigenvalue weighted by molar-refractivity contribution is 5.79. The quantitative estimate of drug-likeness (QED) is 0.718. The molecule has 2 heterocycles. The third-order valence-corrected chi connectivity index (χ3v) is 5.34. The van der Waals surface area contributed by atoms with Crippen LogP contribution in [-0.4, -0.2) is 34.2 Å². The molecule has 140 valence electrons. The first-order valence-corrected chi connectivity index (χ1v) is 9.76. The molecule has 0 bridgehead atoms. The Hall–Kier alpha value is -2.43. The smallest absolute Gasteiger partial charge is 0.0705 e. The van der Waals surface area contributed by atoms with E-state index in [-0.39, 0.29) is 6.10 Å². The molecule has 0 spiro atoms. The zero-order valence-electron chi connectivity index (χ0n) is 15.9. The number of anilines is 1. The van der Waals surface area contributed by atoms with Crippen LogP contribution >= 0.6 is 0 Å². The maximum atomic E-state index is 9.70. The Morgan fingerprint density at radius 3 is 2.74 bits per heavy atom. The molecule has 3 aromatic rings. The van der Waals surface area contributed by atoms with Gasteiger partial charge in [-0.15, -0.1) is 0 Å². The molecule has 0 aliphatic carbocycles. The molecule has 4 heteroatoms. The Balaban J connectivity index is 1.44. The highest BCUT2D eigenvalue weighted by Crippen LogP contribution is 2.21. The van der Waals surface area contributed by atoms with Gasteiger partial charge >= 0.3 is 0 Å². The predicted octanol–water partition coefficient (Wildman–Crippen LogP) is 4.11. The van der Waals surface area contributed by atoms with Crippen molar-refractivity contribution in [2.24, 2.45) is 0 Å². The number of benzene rings is 2. The molecule has 4 rings (SSSR count). The Morgan fingerprint density at radius 2 is 1.89 bits per heavy atom. The van der Waals surface area contributed by atoms with Crippen LogP contribution in [-0.2, 0) is 13.1 Å². The topological polar surface area (TPSA) is 48.4 Å². The third kappa shape index (κ3) is 4.46. The van der Waals surface area contributed by atoms with E-state index < -0.39 is 0 Å². The molecule has 0 atom stereocenters. The van der Waals surface area contributed by atoms with Crippen LogP contribution in [0.15, 0.2) is 54.6 Å². The summed E-state index contributed by atoms with van der Waals surface area (Å²) >= 11 is 0. The van der Waals surface area contributed by atoms with Gasteiger partial charge in [0.05, 0.1) is 11.6 Å². The van der Waals surface area contributed by atoms with E-state index in [1.807, 2.05) is 6.92 Å². The second kappa shape index (κ2) is 8.07. The molecule has 2 aromatic carbocycles. The number of nitrogens with one attached hydrogen (secondary N) is 1. The van der Waals surface area contributed by atoms with Crippen molar-refractivity contribution in [2.75, 3.05) is 18.4 Å². The number of hydrogen-bond acceptors (Lipinski definition) is 4. The molecule has 1 aliphatic heterocycles. The minimum atomic E-state index is -0.124. The van der Waals surface area contributed by atoms with Crippen LogP contribution < -0.4 is 5.32 Å². The molecule has 1 aliphatic rings. The number of likely N-dealkylation sites (tertiary alicyclic amines) is 1. The van der Waals surface area contributed by atoms with E-state index in [0.29, 0.717) is 0 Å². The first-order chi connectivity index (χ1) is 13.2. The van der Waals surface area contributed by atoms with E-state index in [4.69, 9.17) is 0 Å². The molecule has 27 heavy (non-hydrogen) atoms. The fourth-order valence-electron chi connectivity index (χ4n) is 3.73. The van der Waals surface area contributed by atoms with Crippen LogP contribution in [0.1, 0.15) is 29.7 Å². The zero-order chi connectivity index (χ0) is 18.6. The average molecular weight is 361 g/mol. The molecule has 2 N–H and O–H groups in total. The van der Waals surface area contributed by atoms with Gasteiger partial charge in [-0.2, -0.15) is 0 Å². The van der Waals surface area contributed by atoms with Gasteiger partial charge in [0, 0.05) is 42.9 Å². The van der Waals surface area contributed by atoms with Gasteiger partial charge in [-0.05, 0) is 55.2 Å². The summed E-state index contributed by atoms with van der Waals surface area (Å²) < 4.78 is 0. The van der Waals surface area contributed by atoms with Crippen LogP contribution in [0.2, 0.25) is 0 Å². The molecule has 1 saturated heterocycles. The van der Waals surface area contributed by atoms with Crippen LogP contribution in [0.5, 0.6) is 0 Å². The van der Waals surface area contributed by atoms with Crippen LogP contribution in [0.25, 0.3) is 10.9 Å². The van der Waals surface area contributed by atoms with Gasteiger partial charge in [0.25, 0.3) is 0 Å². The lowest BCUT2D eigenvalue weighted by Gasteiger charge is -2.30. The highest BCUT2D eigenvalue weighted by Gasteiger charge is 2.17. The summed E-state index contributed by atoms with van der Waals surface area (Å²) in [5, 5.41) is 14.5. The van der Waals surface area contributed by atoms with Crippen LogP contribution in [0.3, 0.4) is 0 Å². The number of piperidine rings is 1. The molecule has 0 saturated carbocycles. The lowest BCUT2D eigenvalue weighted by atomic mass is 10.1. The third-order valence-electron chi connectivity index (χ3n) is 5.34. The van der Waals surface area contributed by atoms with E-state index >= 15 is 0 Å². The number of aryl methyl sites for hydroxylation is 1. The van der Waals surface area contributed by atoms with Crippen molar-refractivity contribution < 1.29 is 5.11 Å². The van der Waals surface area contributed by atoms with E-state index in [1.165, 1.54) is 22.2 Å². The zero-order valence-corrected chi connectivity index (χ0v) is 15.9. The highest BCUT2D eigenvalue weighted by atomic mass is 16.3. The Morgan fingerprint density at radius 1 is 1.07 bits per heavy atom. The molecule has 1 aromatic heterocycles. The van der Waals surface area contributed by atoms with Crippen molar-refractivity contribution in [1.82, 2.24) is 9.88 Å². The number of rotatable bonds is 5. The summed E-state index contributed by atoms with van der Waals surface area (Å²) in [6, 6.07) is 19.2. The summed E-state index contributed by atoms with van der Waals surface area (Å²) in [7, 11) is 0. The number of hydrogen-bond donors (Lipinski definition) is 2. The van der Waals surface area contributed by atoms with Gasteiger partial charge in [-0.3, -0.25) is 9.88 Å². The monoisotopic (exact) mass is 361 g/mol. The van der Waals surface area contributed by atoms with Gasteiger partial charge < -0.3 is 10.4 Å². The fourth-order valence-corrected chi connectivity index (χ4v) is 3.73. The van der Waals surface area contributed by atoms with Gasteiger partial charge in [0.15, 0.2) is 0 Å². The van der Waals surface area contributed by atoms with Crippen molar-refractivity contribution in [1.29, 1.82) is 0 Å². The van der Waals surface area contributed by atoms with E-state index in [0.717, 1.165) is 50.2 Å². The average Bonchev–Trinajstić information content (AvgIpc) is 2.69. The molecule has 1 fully saturated rings. The Bertz CT molecular complexity index is 916. The number of aliphatic hydroxyl groups is 1.